The SMILES string of the molecule is COc1c(Br)cc(C(N)CO)cc1C1CCCC1. The number of rotatable bonds is 4. The molecule has 0 spiro atoms. The van der Waals surface area contributed by atoms with E-state index in [9.17, 15) is 5.11 Å². The van der Waals surface area contributed by atoms with Gasteiger partial charge >= 0.3 is 0 Å². The zero-order chi connectivity index (χ0) is 13.1. The molecule has 0 heterocycles. The molecule has 0 amide bonds. The summed E-state index contributed by atoms with van der Waals surface area (Å²) in [5.74, 6) is 1.47. The molecule has 18 heavy (non-hydrogen) atoms. The second-order valence-corrected chi connectivity index (χ2v) is 5.75. The van der Waals surface area contributed by atoms with E-state index in [0.717, 1.165) is 15.8 Å². The van der Waals surface area contributed by atoms with E-state index in [0.29, 0.717) is 5.92 Å². The fourth-order valence-electron chi connectivity index (χ4n) is 2.71. The summed E-state index contributed by atoms with van der Waals surface area (Å²) in [7, 11) is 1.70. The van der Waals surface area contributed by atoms with Gasteiger partial charge in [0.2, 0.25) is 0 Å². The van der Waals surface area contributed by atoms with Crippen molar-refractivity contribution in [2.45, 2.75) is 37.6 Å². The minimum Gasteiger partial charge on any atom is -0.495 e. The Morgan fingerprint density at radius 1 is 1.44 bits per heavy atom. The van der Waals surface area contributed by atoms with Crippen LogP contribution >= 0.6 is 15.9 Å². The highest BCUT2D eigenvalue weighted by atomic mass is 79.9. The van der Waals surface area contributed by atoms with Crippen LogP contribution in [0.25, 0.3) is 0 Å². The Bertz CT molecular complexity index is 417. The number of aliphatic hydroxyl groups is 1. The Hall–Kier alpha value is -0.580. The molecule has 3 N–H and O–H groups in total. The minimum atomic E-state index is -0.327. The van der Waals surface area contributed by atoms with E-state index in [4.69, 9.17) is 10.5 Å². The van der Waals surface area contributed by atoms with E-state index >= 15 is 0 Å². The highest BCUT2D eigenvalue weighted by Crippen LogP contribution is 2.43. The molecule has 2 rings (SSSR count). The van der Waals surface area contributed by atoms with Crippen LogP contribution in [0.1, 0.15) is 48.8 Å². The molecule has 1 aliphatic rings. The highest BCUT2D eigenvalue weighted by Gasteiger charge is 2.23. The Morgan fingerprint density at radius 3 is 2.67 bits per heavy atom. The first kappa shape index (κ1) is 13.8. The molecule has 0 bridgehead atoms. The van der Waals surface area contributed by atoms with Crippen LogP contribution in [0, 0.1) is 0 Å². The highest BCUT2D eigenvalue weighted by molar-refractivity contribution is 9.10. The van der Waals surface area contributed by atoms with Gasteiger partial charge in [-0.05, 0) is 51.9 Å². The monoisotopic (exact) mass is 313 g/mol. The van der Waals surface area contributed by atoms with Crippen LogP contribution in [0.5, 0.6) is 5.75 Å². The van der Waals surface area contributed by atoms with Crippen molar-refractivity contribution in [1.29, 1.82) is 0 Å². The summed E-state index contributed by atoms with van der Waals surface area (Å²) in [5, 5.41) is 9.19. The molecule has 1 saturated carbocycles. The molecule has 1 atom stereocenters. The molecule has 3 nitrogen and oxygen atoms in total. The van der Waals surface area contributed by atoms with Gasteiger partial charge in [-0.1, -0.05) is 18.9 Å². The van der Waals surface area contributed by atoms with Gasteiger partial charge in [0.1, 0.15) is 5.75 Å². The molecular formula is C14H20BrNO2. The summed E-state index contributed by atoms with van der Waals surface area (Å²) in [6.07, 6.45) is 4.98. The zero-order valence-electron chi connectivity index (χ0n) is 10.7. The van der Waals surface area contributed by atoms with Crippen molar-refractivity contribution in [2.75, 3.05) is 13.7 Å². The maximum atomic E-state index is 9.19. The predicted octanol–water partition coefficient (Wildman–Crippen LogP) is 3.11. The summed E-state index contributed by atoms with van der Waals surface area (Å²) in [6, 6.07) is 3.71. The van der Waals surface area contributed by atoms with Crippen LogP contribution in [-0.4, -0.2) is 18.8 Å². The molecular weight excluding hydrogens is 294 g/mol. The van der Waals surface area contributed by atoms with Crippen molar-refractivity contribution in [3.63, 3.8) is 0 Å². The normalized spacial score (nSPS) is 18.0. The molecule has 0 radical (unpaired) electrons. The molecule has 0 aromatic heterocycles. The van der Waals surface area contributed by atoms with E-state index in [2.05, 4.69) is 22.0 Å². The van der Waals surface area contributed by atoms with E-state index in [1.54, 1.807) is 7.11 Å². The first-order valence-electron chi connectivity index (χ1n) is 6.41. The first-order valence-corrected chi connectivity index (χ1v) is 7.20. The number of ether oxygens (including phenoxy) is 1. The van der Waals surface area contributed by atoms with Gasteiger partial charge < -0.3 is 15.6 Å². The van der Waals surface area contributed by atoms with Crippen LogP contribution in [0.4, 0.5) is 0 Å². The lowest BCUT2D eigenvalue weighted by Gasteiger charge is -2.19. The number of benzene rings is 1. The Labute approximate surface area is 116 Å². The summed E-state index contributed by atoms with van der Waals surface area (Å²) in [4.78, 5) is 0. The molecule has 1 aromatic rings. The second-order valence-electron chi connectivity index (χ2n) is 4.90. The van der Waals surface area contributed by atoms with Crippen molar-refractivity contribution in [3.05, 3.63) is 27.7 Å². The summed E-state index contributed by atoms with van der Waals surface area (Å²) < 4.78 is 6.43. The van der Waals surface area contributed by atoms with Gasteiger partial charge in [0.15, 0.2) is 0 Å². The van der Waals surface area contributed by atoms with Crippen LogP contribution in [-0.2, 0) is 0 Å². The molecule has 0 saturated heterocycles. The van der Waals surface area contributed by atoms with Gasteiger partial charge in [-0.25, -0.2) is 0 Å². The van der Waals surface area contributed by atoms with E-state index in [-0.39, 0.29) is 12.6 Å². The first-order chi connectivity index (χ1) is 8.67. The maximum Gasteiger partial charge on any atom is 0.136 e. The molecule has 1 fully saturated rings. The third-order valence-corrected chi connectivity index (χ3v) is 4.31. The third-order valence-electron chi connectivity index (χ3n) is 3.72. The number of hydrogen-bond donors (Lipinski definition) is 2. The van der Waals surface area contributed by atoms with Gasteiger partial charge in [0.05, 0.1) is 24.2 Å². The van der Waals surface area contributed by atoms with Crippen molar-refractivity contribution < 1.29 is 9.84 Å². The average Bonchev–Trinajstić information content (AvgIpc) is 2.90. The van der Waals surface area contributed by atoms with E-state index in [1.807, 2.05) is 6.07 Å². The van der Waals surface area contributed by atoms with E-state index < -0.39 is 0 Å². The lowest BCUT2D eigenvalue weighted by Crippen LogP contribution is -2.15. The Morgan fingerprint density at radius 2 is 2.11 bits per heavy atom. The van der Waals surface area contributed by atoms with Crippen molar-refractivity contribution >= 4 is 15.9 Å². The quantitative estimate of drug-likeness (QED) is 0.898. The van der Waals surface area contributed by atoms with Crippen molar-refractivity contribution in [1.82, 2.24) is 0 Å². The molecule has 1 aliphatic carbocycles. The largest absolute Gasteiger partial charge is 0.495 e. The number of halogens is 1. The van der Waals surface area contributed by atoms with Crippen LogP contribution in [0.15, 0.2) is 16.6 Å². The lowest BCUT2D eigenvalue weighted by atomic mass is 9.93. The van der Waals surface area contributed by atoms with Crippen molar-refractivity contribution in [2.24, 2.45) is 5.73 Å². The Balaban J connectivity index is 2.43. The fourth-order valence-corrected chi connectivity index (χ4v) is 3.37. The summed E-state index contributed by atoms with van der Waals surface area (Å²) in [5.41, 5.74) is 8.10. The van der Waals surface area contributed by atoms with Crippen LogP contribution < -0.4 is 10.5 Å². The molecule has 4 heteroatoms. The zero-order valence-corrected chi connectivity index (χ0v) is 12.2. The summed E-state index contributed by atoms with van der Waals surface area (Å²) in [6.45, 7) is -0.0388. The fraction of sp³-hybridized carbons (Fsp3) is 0.571. The lowest BCUT2D eigenvalue weighted by molar-refractivity contribution is 0.267. The second kappa shape index (κ2) is 6.04. The van der Waals surface area contributed by atoms with E-state index in [1.165, 1.54) is 31.2 Å². The van der Waals surface area contributed by atoms with Gasteiger partial charge in [-0.3, -0.25) is 0 Å². The van der Waals surface area contributed by atoms with Crippen molar-refractivity contribution in [3.8, 4) is 5.75 Å². The minimum absolute atomic E-state index is 0.0388. The standard InChI is InChI=1S/C14H20BrNO2/c1-18-14-11(9-4-2-3-5-9)6-10(7-12(14)15)13(16)8-17/h6-7,9,13,17H,2-5,8,16H2,1H3. The number of hydrogen-bond acceptors (Lipinski definition) is 3. The molecule has 100 valence electrons. The molecule has 1 aromatic carbocycles. The number of nitrogens with two attached hydrogens (primary N) is 1. The molecule has 0 aliphatic heterocycles. The molecule has 1 unspecified atom stereocenters. The van der Waals surface area contributed by atoms with Gasteiger partial charge in [-0.15, -0.1) is 0 Å². The smallest absolute Gasteiger partial charge is 0.136 e. The van der Waals surface area contributed by atoms with Crippen LogP contribution in [0.3, 0.4) is 0 Å². The topological polar surface area (TPSA) is 55.5 Å². The number of methoxy groups -OCH3 is 1. The Kier molecular flexibility index (Phi) is 4.65. The summed E-state index contributed by atoms with van der Waals surface area (Å²) >= 11 is 3.54. The maximum absolute atomic E-state index is 9.19. The average molecular weight is 314 g/mol. The predicted molar refractivity (Wildman–Crippen MR) is 75.9 cm³/mol. The number of aliphatic hydroxyl groups excluding tert-OH is 1. The van der Waals surface area contributed by atoms with Gasteiger partial charge in [0.25, 0.3) is 0 Å². The van der Waals surface area contributed by atoms with Crippen LogP contribution in [0.2, 0.25) is 0 Å². The third kappa shape index (κ3) is 2.71. The van der Waals surface area contributed by atoms with Gasteiger partial charge in [-0.2, -0.15) is 0 Å². The van der Waals surface area contributed by atoms with Gasteiger partial charge in [0, 0.05) is 0 Å².